The summed E-state index contributed by atoms with van der Waals surface area (Å²) in [5.41, 5.74) is -4.36. The Morgan fingerprint density at radius 3 is 2.38 bits per heavy atom. The van der Waals surface area contributed by atoms with E-state index in [1.807, 2.05) is 0 Å². The van der Waals surface area contributed by atoms with Crippen molar-refractivity contribution < 1.29 is 18.3 Å². The van der Waals surface area contributed by atoms with Gasteiger partial charge in [-0.3, -0.25) is 0 Å². The minimum absolute atomic E-state index is 0.109. The molecule has 13 heavy (non-hydrogen) atoms. The van der Waals surface area contributed by atoms with Crippen LogP contribution < -0.4 is 0 Å². The Hall–Kier alpha value is -0.550. The zero-order valence-electron chi connectivity index (χ0n) is 6.10. The van der Waals surface area contributed by atoms with Gasteiger partial charge in [-0.25, -0.2) is 0 Å². The van der Waals surface area contributed by atoms with E-state index >= 15 is 0 Å². The second-order valence-corrected chi connectivity index (χ2v) is 3.68. The van der Waals surface area contributed by atoms with Crippen molar-refractivity contribution in [3.63, 3.8) is 0 Å². The summed E-state index contributed by atoms with van der Waals surface area (Å²) in [7, 11) is 0. The second-order valence-electron chi connectivity index (χ2n) is 2.16. The highest BCUT2D eigenvalue weighted by atomic mass is 35.5. The molecular weight excluding hydrogens is 225 g/mol. The van der Waals surface area contributed by atoms with Gasteiger partial charge in [-0.15, -0.1) is 0 Å². The largest absolute Gasteiger partial charge is 0.508 e. The average molecular weight is 229 g/mol. The summed E-state index contributed by atoms with van der Waals surface area (Å²) in [6.07, 6.45) is 0. The summed E-state index contributed by atoms with van der Waals surface area (Å²) < 4.78 is 35.6. The van der Waals surface area contributed by atoms with Gasteiger partial charge in [0.15, 0.2) is 0 Å². The molecule has 0 bridgehead atoms. The molecule has 0 fully saturated rings. The van der Waals surface area contributed by atoms with E-state index in [2.05, 4.69) is 0 Å². The molecule has 0 saturated carbocycles. The molecule has 0 aliphatic rings. The van der Waals surface area contributed by atoms with E-state index in [1.165, 1.54) is 0 Å². The van der Waals surface area contributed by atoms with Gasteiger partial charge in [0.2, 0.25) is 0 Å². The Balaban J connectivity index is 2.90. The summed E-state index contributed by atoms with van der Waals surface area (Å²) in [4.78, 5) is -0.119. The van der Waals surface area contributed by atoms with Gasteiger partial charge in [-0.05, 0) is 30.0 Å². The van der Waals surface area contributed by atoms with Gasteiger partial charge < -0.3 is 5.11 Å². The van der Waals surface area contributed by atoms with Crippen LogP contribution in [-0.2, 0) is 0 Å². The minimum Gasteiger partial charge on any atom is -0.508 e. The summed E-state index contributed by atoms with van der Waals surface area (Å²) in [6.45, 7) is 0. The molecule has 0 heterocycles. The Morgan fingerprint density at radius 1 is 1.31 bits per heavy atom. The molecule has 1 nitrogen and oxygen atoms in total. The van der Waals surface area contributed by atoms with Gasteiger partial charge in [0.25, 0.3) is 0 Å². The van der Waals surface area contributed by atoms with E-state index in [4.69, 9.17) is 16.7 Å². The first-order valence-corrected chi connectivity index (χ1v) is 4.32. The van der Waals surface area contributed by atoms with Crippen LogP contribution in [0.3, 0.4) is 0 Å². The number of thioether (sulfide) groups is 1. The standard InChI is InChI=1S/C7H4ClF3OS/c8-5-3-4(12)1-2-6(5)13-7(9,10)11/h1-3,12H. The SMILES string of the molecule is Oc1ccc(SC(F)(F)F)c(Cl)c1. The molecule has 0 radical (unpaired) electrons. The first-order valence-electron chi connectivity index (χ1n) is 3.13. The Labute approximate surface area is 81.5 Å². The van der Waals surface area contributed by atoms with Gasteiger partial charge in [0.05, 0.1) is 5.02 Å². The Bertz CT molecular complexity index is 313. The van der Waals surface area contributed by atoms with E-state index in [9.17, 15) is 13.2 Å². The molecule has 0 aliphatic heterocycles. The molecule has 1 aromatic carbocycles. The molecule has 0 unspecified atom stereocenters. The lowest BCUT2D eigenvalue weighted by atomic mass is 10.3. The molecule has 0 spiro atoms. The zero-order valence-corrected chi connectivity index (χ0v) is 7.67. The van der Waals surface area contributed by atoms with Gasteiger partial charge >= 0.3 is 5.51 Å². The zero-order chi connectivity index (χ0) is 10.1. The van der Waals surface area contributed by atoms with Crippen molar-refractivity contribution >= 4 is 23.4 Å². The number of alkyl halides is 3. The van der Waals surface area contributed by atoms with Gasteiger partial charge in [-0.1, -0.05) is 11.6 Å². The Morgan fingerprint density at radius 2 is 1.92 bits per heavy atom. The van der Waals surface area contributed by atoms with Crippen molar-refractivity contribution in [2.75, 3.05) is 0 Å². The maximum Gasteiger partial charge on any atom is 0.446 e. The predicted octanol–water partition coefficient (Wildman–Crippen LogP) is 3.66. The van der Waals surface area contributed by atoms with Crippen molar-refractivity contribution in [3.05, 3.63) is 23.2 Å². The molecule has 0 aliphatic carbocycles. The van der Waals surface area contributed by atoms with Crippen molar-refractivity contribution in [1.29, 1.82) is 0 Å². The molecular formula is C7H4ClF3OS. The van der Waals surface area contributed by atoms with E-state index in [1.54, 1.807) is 0 Å². The molecule has 0 amide bonds. The third-order valence-electron chi connectivity index (χ3n) is 1.14. The van der Waals surface area contributed by atoms with Crippen molar-refractivity contribution in [3.8, 4) is 5.75 Å². The maximum atomic E-state index is 11.9. The number of phenolic OH excluding ortho intramolecular Hbond substituents is 1. The van der Waals surface area contributed by atoms with Crippen LogP contribution >= 0.6 is 23.4 Å². The van der Waals surface area contributed by atoms with E-state index in [0.29, 0.717) is 0 Å². The summed E-state index contributed by atoms with van der Waals surface area (Å²) in [5, 5.41) is 8.75. The fourth-order valence-electron chi connectivity index (χ4n) is 0.697. The molecule has 0 saturated heterocycles. The topological polar surface area (TPSA) is 20.2 Å². The minimum atomic E-state index is -4.36. The number of aromatic hydroxyl groups is 1. The van der Waals surface area contributed by atoms with Gasteiger partial charge in [0.1, 0.15) is 5.75 Å². The fourth-order valence-corrected chi connectivity index (χ4v) is 1.53. The number of phenols is 1. The van der Waals surface area contributed by atoms with Crippen LogP contribution in [0.5, 0.6) is 5.75 Å². The van der Waals surface area contributed by atoms with E-state index in [-0.39, 0.29) is 27.4 Å². The van der Waals surface area contributed by atoms with Crippen LogP contribution in [0.1, 0.15) is 0 Å². The lowest BCUT2D eigenvalue weighted by Crippen LogP contribution is -1.99. The van der Waals surface area contributed by atoms with Crippen LogP contribution in [0, 0.1) is 0 Å². The van der Waals surface area contributed by atoms with Crippen molar-refractivity contribution in [1.82, 2.24) is 0 Å². The third-order valence-corrected chi connectivity index (χ3v) is 2.37. The summed E-state index contributed by atoms with van der Waals surface area (Å²) in [6, 6.07) is 3.34. The smallest absolute Gasteiger partial charge is 0.446 e. The molecule has 1 N–H and O–H groups in total. The number of halogens is 4. The normalized spacial score (nSPS) is 11.7. The lowest BCUT2D eigenvalue weighted by Gasteiger charge is -2.06. The molecule has 1 aromatic rings. The van der Waals surface area contributed by atoms with Crippen LogP contribution in [0.15, 0.2) is 23.1 Å². The molecule has 1 rings (SSSR count). The van der Waals surface area contributed by atoms with Crippen LogP contribution in [0.25, 0.3) is 0 Å². The highest BCUT2D eigenvalue weighted by Crippen LogP contribution is 2.40. The van der Waals surface area contributed by atoms with Gasteiger partial charge in [-0.2, -0.15) is 13.2 Å². The highest BCUT2D eigenvalue weighted by molar-refractivity contribution is 8.00. The van der Waals surface area contributed by atoms with E-state index in [0.717, 1.165) is 18.2 Å². The van der Waals surface area contributed by atoms with Crippen molar-refractivity contribution in [2.24, 2.45) is 0 Å². The maximum absolute atomic E-state index is 11.9. The highest BCUT2D eigenvalue weighted by Gasteiger charge is 2.30. The van der Waals surface area contributed by atoms with Crippen LogP contribution in [-0.4, -0.2) is 10.6 Å². The number of benzene rings is 1. The average Bonchev–Trinajstić information content (AvgIpc) is 1.93. The quantitative estimate of drug-likeness (QED) is 0.741. The second kappa shape index (κ2) is 3.67. The number of hydrogen-bond acceptors (Lipinski definition) is 2. The fraction of sp³-hybridized carbons (Fsp3) is 0.143. The predicted molar refractivity (Wildman–Crippen MR) is 45.0 cm³/mol. The molecule has 0 atom stereocenters. The van der Waals surface area contributed by atoms with Crippen LogP contribution in [0.4, 0.5) is 13.2 Å². The first-order chi connectivity index (χ1) is 5.88. The van der Waals surface area contributed by atoms with Gasteiger partial charge in [0, 0.05) is 4.90 Å². The summed E-state index contributed by atoms with van der Waals surface area (Å²) >= 11 is 5.15. The monoisotopic (exact) mass is 228 g/mol. The van der Waals surface area contributed by atoms with Crippen LogP contribution in [0.2, 0.25) is 5.02 Å². The molecule has 0 aromatic heterocycles. The lowest BCUT2D eigenvalue weighted by molar-refractivity contribution is -0.0328. The van der Waals surface area contributed by atoms with E-state index < -0.39 is 5.51 Å². The number of rotatable bonds is 1. The molecule has 6 heteroatoms. The Kier molecular flexibility index (Phi) is 2.98. The summed E-state index contributed by atoms with van der Waals surface area (Å²) in [5.74, 6) is -0.156. The van der Waals surface area contributed by atoms with Crippen molar-refractivity contribution in [2.45, 2.75) is 10.4 Å². The third kappa shape index (κ3) is 3.36. The number of hydrogen-bond donors (Lipinski definition) is 1. The molecule has 72 valence electrons. The first kappa shape index (κ1) is 10.5.